The van der Waals surface area contributed by atoms with Crippen molar-refractivity contribution in [1.29, 1.82) is 0 Å². The SMILES string of the molecule is NCCCN(CCO)c1ccc(F)cc1. The van der Waals surface area contributed by atoms with Crippen molar-refractivity contribution in [2.75, 3.05) is 31.1 Å². The number of nitrogens with two attached hydrogens (primary N) is 1. The van der Waals surface area contributed by atoms with E-state index < -0.39 is 0 Å². The molecule has 84 valence electrons. The van der Waals surface area contributed by atoms with Crippen molar-refractivity contribution >= 4 is 5.69 Å². The Bertz CT molecular complexity index is 276. The quantitative estimate of drug-likeness (QED) is 0.739. The summed E-state index contributed by atoms with van der Waals surface area (Å²) in [5, 5.41) is 8.90. The Morgan fingerprint density at radius 2 is 1.87 bits per heavy atom. The Morgan fingerprint density at radius 1 is 1.20 bits per heavy atom. The molecule has 0 aliphatic carbocycles. The summed E-state index contributed by atoms with van der Waals surface area (Å²) in [6.45, 7) is 2.03. The molecule has 0 amide bonds. The van der Waals surface area contributed by atoms with Crippen LogP contribution >= 0.6 is 0 Å². The van der Waals surface area contributed by atoms with E-state index in [-0.39, 0.29) is 12.4 Å². The number of nitrogens with zero attached hydrogens (tertiary/aromatic N) is 1. The third kappa shape index (κ3) is 3.85. The van der Waals surface area contributed by atoms with Gasteiger partial charge in [-0.1, -0.05) is 0 Å². The predicted octanol–water partition coefficient (Wildman–Crippen LogP) is 0.973. The molecule has 3 N–H and O–H groups in total. The highest BCUT2D eigenvalue weighted by atomic mass is 19.1. The highest BCUT2D eigenvalue weighted by Gasteiger charge is 2.04. The van der Waals surface area contributed by atoms with Crippen LogP contribution in [-0.2, 0) is 0 Å². The maximum Gasteiger partial charge on any atom is 0.123 e. The van der Waals surface area contributed by atoms with E-state index in [0.29, 0.717) is 13.1 Å². The van der Waals surface area contributed by atoms with Crippen molar-refractivity contribution in [3.63, 3.8) is 0 Å². The van der Waals surface area contributed by atoms with Crippen LogP contribution in [0.5, 0.6) is 0 Å². The molecule has 0 fully saturated rings. The van der Waals surface area contributed by atoms with Gasteiger partial charge in [-0.15, -0.1) is 0 Å². The van der Waals surface area contributed by atoms with Gasteiger partial charge >= 0.3 is 0 Å². The van der Waals surface area contributed by atoms with E-state index in [1.807, 2.05) is 4.90 Å². The average Bonchev–Trinajstić information content (AvgIpc) is 2.25. The smallest absolute Gasteiger partial charge is 0.123 e. The second-order valence-corrected chi connectivity index (χ2v) is 3.33. The van der Waals surface area contributed by atoms with Gasteiger partial charge in [-0.05, 0) is 37.2 Å². The van der Waals surface area contributed by atoms with Gasteiger partial charge in [0, 0.05) is 18.8 Å². The molecular formula is C11H17FN2O. The standard InChI is InChI=1S/C11H17FN2O/c12-10-2-4-11(5-3-10)14(8-9-15)7-1-6-13/h2-5,15H,1,6-9,13H2. The van der Waals surface area contributed by atoms with Gasteiger partial charge in [0.15, 0.2) is 0 Å². The van der Waals surface area contributed by atoms with Gasteiger partial charge < -0.3 is 15.7 Å². The lowest BCUT2D eigenvalue weighted by Crippen LogP contribution is -2.29. The number of halogens is 1. The fraction of sp³-hybridized carbons (Fsp3) is 0.455. The van der Waals surface area contributed by atoms with Crippen molar-refractivity contribution in [2.45, 2.75) is 6.42 Å². The van der Waals surface area contributed by atoms with Crippen LogP contribution in [0.4, 0.5) is 10.1 Å². The molecular weight excluding hydrogens is 195 g/mol. The van der Waals surface area contributed by atoms with E-state index in [1.54, 1.807) is 12.1 Å². The summed E-state index contributed by atoms with van der Waals surface area (Å²) in [7, 11) is 0. The summed E-state index contributed by atoms with van der Waals surface area (Å²) in [6.07, 6.45) is 0.859. The third-order valence-corrected chi connectivity index (χ3v) is 2.19. The van der Waals surface area contributed by atoms with Crippen molar-refractivity contribution < 1.29 is 9.50 Å². The Kier molecular flexibility index (Phi) is 5.07. The van der Waals surface area contributed by atoms with Gasteiger partial charge in [0.25, 0.3) is 0 Å². The second-order valence-electron chi connectivity index (χ2n) is 3.33. The molecule has 0 heterocycles. The molecule has 1 aromatic rings. The molecule has 1 aromatic carbocycles. The lowest BCUT2D eigenvalue weighted by Gasteiger charge is -2.23. The second kappa shape index (κ2) is 6.37. The van der Waals surface area contributed by atoms with E-state index in [9.17, 15) is 4.39 Å². The molecule has 0 aliphatic rings. The molecule has 0 spiro atoms. The van der Waals surface area contributed by atoms with Crippen molar-refractivity contribution in [3.05, 3.63) is 30.1 Å². The molecule has 0 saturated heterocycles. The van der Waals surface area contributed by atoms with Gasteiger partial charge in [0.2, 0.25) is 0 Å². The van der Waals surface area contributed by atoms with Crippen molar-refractivity contribution in [2.24, 2.45) is 5.73 Å². The molecule has 15 heavy (non-hydrogen) atoms. The summed E-state index contributed by atoms with van der Waals surface area (Å²) in [6, 6.07) is 6.26. The molecule has 0 atom stereocenters. The van der Waals surface area contributed by atoms with Crippen LogP contribution in [0.1, 0.15) is 6.42 Å². The number of rotatable bonds is 6. The van der Waals surface area contributed by atoms with Gasteiger partial charge in [-0.3, -0.25) is 0 Å². The Hall–Kier alpha value is -1.13. The summed E-state index contributed by atoms with van der Waals surface area (Å²) >= 11 is 0. The van der Waals surface area contributed by atoms with Gasteiger partial charge in [-0.25, -0.2) is 4.39 Å². The molecule has 0 unspecified atom stereocenters. The molecule has 1 rings (SSSR count). The van der Waals surface area contributed by atoms with Crippen molar-refractivity contribution in [1.82, 2.24) is 0 Å². The maximum atomic E-state index is 12.7. The minimum Gasteiger partial charge on any atom is -0.395 e. The van der Waals surface area contributed by atoms with Gasteiger partial charge in [0.05, 0.1) is 6.61 Å². The molecule has 3 nitrogen and oxygen atoms in total. The Balaban J connectivity index is 2.65. The zero-order valence-corrected chi connectivity index (χ0v) is 8.69. The molecule has 0 bridgehead atoms. The fourth-order valence-corrected chi connectivity index (χ4v) is 1.42. The molecule has 0 saturated carbocycles. The fourth-order valence-electron chi connectivity index (χ4n) is 1.42. The first-order valence-electron chi connectivity index (χ1n) is 5.09. The number of aliphatic hydroxyl groups is 1. The van der Waals surface area contributed by atoms with E-state index in [2.05, 4.69) is 0 Å². The monoisotopic (exact) mass is 212 g/mol. The molecule has 0 radical (unpaired) electrons. The van der Waals surface area contributed by atoms with E-state index in [0.717, 1.165) is 18.7 Å². The maximum absolute atomic E-state index is 12.7. The number of anilines is 1. The minimum atomic E-state index is -0.249. The summed E-state index contributed by atoms with van der Waals surface area (Å²) in [5.74, 6) is -0.249. The van der Waals surface area contributed by atoms with Crippen LogP contribution in [-0.4, -0.2) is 31.3 Å². The lowest BCUT2D eigenvalue weighted by atomic mass is 10.2. The highest BCUT2D eigenvalue weighted by Crippen LogP contribution is 2.14. The molecule has 0 aliphatic heterocycles. The zero-order valence-electron chi connectivity index (χ0n) is 8.69. The Morgan fingerprint density at radius 3 is 2.40 bits per heavy atom. The largest absolute Gasteiger partial charge is 0.395 e. The van der Waals surface area contributed by atoms with Crippen molar-refractivity contribution in [3.8, 4) is 0 Å². The topological polar surface area (TPSA) is 49.5 Å². The normalized spacial score (nSPS) is 10.3. The summed E-state index contributed by atoms with van der Waals surface area (Å²) in [4.78, 5) is 1.99. The van der Waals surface area contributed by atoms with Crippen LogP contribution in [0.15, 0.2) is 24.3 Å². The zero-order chi connectivity index (χ0) is 11.1. The van der Waals surface area contributed by atoms with Crippen LogP contribution in [0.25, 0.3) is 0 Å². The molecule has 4 heteroatoms. The van der Waals surface area contributed by atoms with E-state index in [1.165, 1.54) is 12.1 Å². The first-order valence-corrected chi connectivity index (χ1v) is 5.09. The summed E-state index contributed by atoms with van der Waals surface area (Å²) in [5.41, 5.74) is 6.34. The molecule has 0 aromatic heterocycles. The number of aliphatic hydroxyl groups excluding tert-OH is 1. The number of hydrogen-bond acceptors (Lipinski definition) is 3. The van der Waals surface area contributed by atoms with Crippen LogP contribution in [0, 0.1) is 5.82 Å². The Labute approximate surface area is 89.3 Å². The van der Waals surface area contributed by atoms with E-state index >= 15 is 0 Å². The van der Waals surface area contributed by atoms with Gasteiger partial charge in [-0.2, -0.15) is 0 Å². The average molecular weight is 212 g/mol. The van der Waals surface area contributed by atoms with Crippen LogP contribution in [0.2, 0.25) is 0 Å². The lowest BCUT2D eigenvalue weighted by molar-refractivity contribution is 0.301. The predicted molar refractivity (Wildman–Crippen MR) is 59.4 cm³/mol. The summed E-state index contributed by atoms with van der Waals surface area (Å²) < 4.78 is 12.7. The first-order chi connectivity index (χ1) is 7.27. The number of hydrogen-bond donors (Lipinski definition) is 2. The van der Waals surface area contributed by atoms with Gasteiger partial charge in [0.1, 0.15) is 5.82 Å². The minimum absolute atomic E-state index is 0.0853. The third-order valence-electron chi connectivity index (χ3n) is 2.19. The van der Waals surface area contributed by atoms with Crippen LogP contribution < -0.4 is 10.6 Å². The first kappa shape index (κ1) is 11.9. The number of benzene rings is 1. The van der Waals surface area contributed by atoms with E-state index in [4.69, 9.17) is 10.8 Å². The highest BCUT2D eigenvalue weighted by molar-refractivity contribution is 5.46. The van der Waals surface area contributed by atoms with Crippen LogP contribution in [0.3, 0.4) is 0 Å².